The molecule has 3 atom stereocenters. The number of aromatic nitrogens is 4. The third kappa shape index (κ3) is 1.59. The molecule has 7 heteroatoms. The van der Waals surface area contributed by atoms with Gasteiger partial charge in [0.05, 0.1) is 0 Å². The topological polar surface area (TPSA) is 78.3 Å². The van der Waals surface area contributed by atoms with Gasteiger partial charge in [-0.05, 0) is 30.4 Å². The lowest BCUT2D eigenvalue weighted by molar-refractivity contribution is 0.441. The van der Waals surface area contributed by atoms with Crippen LogP contribution in [0.15, 0.2) is 16.9 Å². The van der Waals surface area contributed by atoms with Crippen LogP contribution in [-0.4, -0.2) is 45.5 Å². The van der Waals surface area contributed by atoms with Gasteiger partial charge in [0.15, 0.2) is 5.65 Å². The van der Waals surface area contributed by atoms with Crippen LogP contribution in [0.4, 0.5) is 5.82 Å². The summed E-state index contributed by atoms with van der Waals surface area (Å²) in [6.07, 6.45) is 1.10. The highest BCUT2D eigenvalue weighted by molar-refractivity contribution is 5.47. The maximum absolute atomic E-state index is 11.6. The Morgan fingerprint density at radius 1 is 1.40 bits per heavy atom. The number of aromatic amines is 1. The first-order valence-corrected chi connectivity index (χ1v) is 7.19. The van der Waals surface area contributed by atoms with Crippen molar-refractivity contribution in [1.82, 2.24) is 25.1 Å². The zero-order chi connectivity index (χ0) is 13.7. The summed E-state index contributed by atoms with van der Waals surface area (Å²) in [5.74, 6) is 2.26. The lowest BCUT2D eigenvalue weighted by Crippen LogP contribution is -2.36. The van der Waals surface area contributed by atoms with Crippen LogP contribution in [0.5, 0.6) is 0 Å². The monoisotopic (exact) mass is 274 g/mol. The van der Waals surface area contributed by atoms with Gasteiger partial charge in [-0.3, -0.25) is 0 Å². The highest BCUT2D eigenvalue weighted by atomic mass is 16.2. The number of anilines is 1. The summed E-state index contributed by atoms with van der Waals surface area (Å²) in [4.78, 5) is 14.0. The molecule has 0 saturated carbocycles. The number of nitrogens with zero attached hydrogens (tertiary/aromatic N) is 4. The number of nitrogens with one attached hydrogen (secondary N) is 2. The quantitative estimate of drug-likeness (QED) is 0.796. The molecule has 2 aromatic heterocycles. The summed E-state index contributed by atoms with van der Waals surface area (Å²) in [6.45, 7) is 5.42. The normalized spacial score (nSPS) is 29.2. The molecular weight excluding hydrogens is 256 g/mol. The molecule has 2 aromatic rings. The number of rotatable bonds is 2. The molecule has 2 fully saturated rings. The molecular formula is C13H18N6O. The maximum Gasteiger partial charge on any atom is 0.364 e. The van der Waals surface area contributed by atoms with E-state index < -0.39 is 0 Å². The predicted octanol–water partition coefficient (Wildman–Crippen LogP) is -0.148. The number of H-pyrrole nitrogens is 1. The second-order valence-corrected chi connectivity index (χ2v) is 5.70. The molecule has 2 N–H and O–H groups in total. The van der Waals surface area contributed by atoms with Gasteiger partial charge in [-0.25, -0.2) is 9.89 Å². The molecule has 2 aliphatic rings. The molecule has 20 heavy (non-hydrogen) atoms. The van der Waals surface area contributed by atoms with Gasteiger partial charge < -0.3 is 10.2 Å². The zero-order valence-electron chi connectivity index (χ0n) is 11.4. The van der Waals surface area contributed by atoms with E-state index in [1.54, 1.807) is 0 Å². The minimum absolute atomic E-state index is 0.282. The summed E-state index contributed by atoms with van der Waals surface area (Å²) in [5.41, 5.74) is 0.281. The average Bonchev–Trinajstić information content (AvgIpc) is 3.12. The molecule has 0 radical (unpaired) electrons. The van der Waals surface area contributed by atoms with Gasteiger partial charge in [0.2, 0.25) is 0 Å². The van der Waals surface area contributed by atoms with Crippen LogP contribution in [0, 0.1) is 11.8 Å². The van der Waals surface area contributed by atoms with Gasteiger partial charge in [-0.15, -0.1) is 5.10 Å². The number of fused-ring (bicyclic) bond motifs is 2. The highest BCUT2D eigenvalue weighted by Gasteiger charge is 2.43. The van der Waals surface area contributed by atoms with E-state index in [1.165, 1.54) is 4.52 Å². The molecule has 3 unspecified atom stereocenters. The Morgan fingerprint density at radius 3 is 3.15 bits per heavy atom. The second kappa shape index (κ2) is 4.31. The van der Waals surface area contributed by atoms with Crippen LogP contribution in [0.3, 0.4) is 0 Å². The summed E-state index contributed by atoms with van der Waals surface area (Å²) < 4.78 is 1.34. The van der Waals surface area contributed by atoms with E-state index in [4.69, 9.17) is 0 Å². The summed E-state index contributed by atoms with van der Waals surface area (Å²) >= 11 is 0. The van der Waals surface area contributed by atoms with Crippen LogP contribution in [0.1, 0.15) is 13.3 Å². The van der Waals surface area contributed by atoms with Crippen molar-refractivity contribution >= 4 is 11.5 Å². The van der Waals surface area contributed by atoms with Crippen molar-refractivity contribution < 1.29 is 0 Å². The minimum atomic E-state index is -0.282. The van der Waals surface area contributed by atoms with E-state index in [1.807, 2.05) is 12.1 Å². The number of hydrogen-bond donors (Lipinski definition) is 2. The largest absolute Gasteiger partial charge is 0.364 e. The Balaban J connectivity index is 1.74. The lowest BCUT2D eigenvalue weighted by Gasteiger charge is -2.27. The van der Waals surface area contributed by atoms with Gasteiger partial charge >= 0.3 is 5.69 Å². The predicted molar refractivity (Wildman–Crippen MR) is 74.9 cm³/mol. The van der Waals surface area contributed by atoms with Gasteiger partial charge in [0, 0.05) is 25.7 Å². The van der Waals surface area contributed by atoms with Crippen LogP contribution in [-0.2, 0) is 0 Å². The molecule has 4 heterocycles. The third-order valence-electron chi connectivity index (χ3n) is 4.69. The average molecular weight is 274 g/mol. The second-order valence-electron chi connectivity index (χ2n) is 5.70. The Hall–Kier alpha value is -1.89. The lowest BCUT2D eigenvalue weighted by atomic mass is 9.93. The molecule has 4 rings (SSSR count). The van der Waals surface area contributed by atoms with Crippen molar-refractivity contribution in [3.05, 3.63) is 22.6 Å². The standard InChI is InChI=1S/C13H18N6O/c1-2-10-9-6-14-5-8(9)7-18(10)12-4-3-11-15-16-13(20)19(11)17-12/h3-4,8-10,14H,2,5-7H2,1H3,(H,16,20). The summed E-state index contributed by atoms with van der Waals surface area (Å²) in [6, 6.07) is 4.31. The molecule has 7 nitrogen and oxygen atoms in total. The van der Waals surface area contributed by atoms with Crippen molar-refractivity contribution in [2.75, 3.05) is 24.5 Å². The highest BCUT2D eigenvalue weighted by Crippen LogP contribution is 2.36. The van der Waals surface area contributed by atoms with Gasteiger partial charge in [-0.2, -0.15) is 9.61 Å². The molecule has 106 valence electrons. The van der Waals surface area contributed by atoms with E-state index in [9.17, 15) is 4.79 Å². The van der Waals surface area contributed by atoms with Crippen LogP contribution in [0.2, 0.25) is 0 Å². The molecule has 0 aromatic carbocycles. The van der Waals surface area contributed by atoms with Gasteiger partial charge in [0.1, 0.15) is 5.82 Å². The smallest absolute Gasteiger partial charge is 0.352 e. The van der Waals surface area contributed by atoms with E-state index in [0.717, 1.165) is 31.9 Å². The van der Waals surface area contributed by atoms with Gasteiger partial charge in [0.25, 0.3) is 0 Å². The first-order chi connectivity index (χ1) is 9.78. The fraction of sp³-hybridized carbons (Fsp3) is 0.615. The maximum atomic E-state index is 11.6. The zero-order valence-corrected chi connectivity index (χ0v) is 11.4. The fourth-order valence-electron chi connectivity index (χ4n) is 3.76. The fourth-order valence-corrected chi connectivity index (χ4v) is 3.76. The molecule has 2 aliphatic heterocycles. The molecule has 0 bridgehead atoms. The van der Waals surface area contributed by atoms with Crippen molar-refractivity contribution in [3.63, 3.8) is 0 Å². The van der Waals surface area contributed by atoms with Crippen molar-refractivity contribution in [3.8, 4) is 0 Å². The van der Waals surface area contributed by atoms with Crippen molar-refractivity contribution in [2.45, 2.75) is 19.4 Å². The summed E-state index contributed by atoms with van der Waals surface area (Å²) in [5, 5.41) is 14.3. The Morgan fingerprint density at radius 2 is 2.30 bits per heavy atom. The van der Waals surface area contributed by atoms with Crippen molar-refractivity contribution in [1.29, 1.82) is 0 Å². The Labute approximate surface area is 116 Å². The first-order valence-electron chi connectivity index (χ1n) is 7.19. The molecule has 0 aliphatic carbocycles. The van der Waals surface area contributed by atoms with Crippen LogP contribution >= 0.6 is 0 Å². The van der Waals surface area contributed by atoms with Gasteiger partial charge in [-0.1, -0.05) is 6.92 Å². The van der Waals surface area contributed by atoms with Crippen LogP contribution in [0.25, 0.3) is 5.65 Å². The van der Waals surface area contributed by atoms with E-state index in [-0.39, 0.29) is 5.69 Å². The summed E-state index contributed by atoms with van der Waals surface area (Å²) in [7, 11) is 0. The molecule has 2 saturated heterocycles. The molecule has 0 spiro atoms. The minimum Gasteiger partial charge on any atom is -0.352 e. The van der Waals surface area contributed by atoms with Crippen LogP contribution < -0.4 is 15.9 Å². The number of hydrogen-bond acceptors (Lipinski definition) is 5. The Kier molecular flexibility index (Phi) is 2.56. The van der Waals surface area contributed by atoms with E-state index in [0.29, 0.717) is 23.5 Å². The van der Waals surface area contributed by atoms with E-state index >= 15 is 0 Å². The van der Waals surface area contributed by atoms with E-state index in [2.05, 4.69) is 32.4 Å². The van der Waals surface area contributed by atoms with Crippen molar-refractivity contribution in [2.24, 2.45) is 11.8 Å². The SMILES string of the molecule is CCC1C2CNCC2CN1c1ccc2n[nH]c(=O)n2n1. The third-order valence-corrected chi connectivity index (χ3v) is 4.69. The Bertz CT molecular complexity index is 691. The molecule has 0 amide bonds. The first kappa shape index (κ1) is 11.9.